The van der Waals surface area contributed by atoms with Gasteiger partial charge >= 0.3 is 0 Å². The van der Waals surface area contributed by atoms with Crippen molar-refractivity contribution in [2.45, 2.75) is 24.8 Å². The summed E-state index contributed by atoms with van der Waals surface area (Å²) >= 11 is 0. The van der Waals surface area contributed by atoms with E-state index in [0.717, 1.165) is 6.42 Å². The molecular weight excluding hydrogens is 300 g/mol. The molecule has 0 bridgehead atoms. The second-order valence-corrected chi connectivity index (χ2v) is 6.96. The van der Waals surface area contributed by atoms with E-state index in [1.54, 1.807) is 28.8 Å². The van der Waals surface area contributed by atoms with Crippen molar-refractivity contribution in [1.82, 2.24) is 9.88 Å². The second-order valence-electron chi connectivity index (χ2n) is 4.43. The molecule has 0 radical (unpaired) electrons. The normalized spacial score (nSPS) is 11.7. The highest BCUT2D eigenvalue weighted by atomic mass is 35.7. The van der Waals surface area contributed by atoms with Gasteiger partial charge < -0.3 is 9.88 Å². The van der Waals surface area contributed by atoms with Crippen LogP contribution in [0.5, 0.6) is 0 Å². The average molecular weight is 315 g/mol. The van der Waals surface area contributed by atoms with Crippen molar-refractivity contribution in [1.29, 1.82) is 0 Å². The Balaban J connectivity index is 2.42. The van der Waals surface area contributed by atoms with Crippen molar-refractivity contribution in [2.24, 2.45) is 0 Å². The van der Waals surface area contributed by atoms with Crippen LogP contribution in [-0.2, 0) is 20.4 Å². The molecule has 1 N–H and O–H groups in total. The molecule has 108 valence electrons. The zero-order valence-electron chi connectivity index (χ0n) is 11.0. The monoisotopic (exact) mass is 314 g/mol. The van der Waals surface area contributed by atoms with Crippen LogP contribution in [0.3, 0.4) is 0 Å². The van der Waals surface area contributed by atoms with Crippen LogP contribution in [0.2, 0.25) is 0 Å². The number of halogens is 1. The van der Waals surface area contributed by atoms with Crippen LogP contribution in [0.1, 0.15) is 13.3 Å². The van der Waals surface area contributed by atoms with E-state index in [9.17, 15) is 13.2 Å². The molecular formula is C13H15ClN2O3S. The number of nitrogens with zero attached hydrogens (tertiary/aromatic N) is 1. The van der Waals surface area contributed by atoms with Gasteiger partial charge in [0.05, 0.1) is 0 Å². The van der Waals surface area contributed by atoms with Crippen LogP contribution in [0.15, 0.2) is 35.4 Å². The van der Waals surface area contributed by atoms with Gasteiger partial charge in [-0.25, -0.2) is 8.42 Å². The molecule has 0 aliphatic heterocycles. The number of hydrogen-bond donors (Lipinski definition) is 1. The quantitative estimate of drug-likeness (QED) is 0.859. The molecule has 0 aliphatic rings. The minimum atomic E-state index is -3.84. The van der Waals surface area contributed by atoms with Gasteiger partial charge in [0, 0.05) is 34.3 Å². The van der Waals surface area contributed by atoms with E-state index < -0.39 is 9.05 Å². The van der Waals surface area contributed by atoms with Crippen LogP contribution in [0.25, 0.3) is 10.9 Å². The van der Waals surface area contributed by atoms with E-state index in [0.29, 0.717) is 17.4 Å². The van der Waals surface area contributed by atoms with Gasteiger partial charge in [0.1, 0.15) is 11.4 Å². The van der Waals surface area contributed by atoms with Crippen LogP contribution in [-0.4, -0.2) is 25.4 Å². The maximum Gasteiger partial charge on any atom is 0.263 e. The number of carbonyl (C=O) groups excluding carboxylic acids is 1. The Kier molecular flexibility index (Phi) is 4.35. The van der Waals surface area contributed by atoms with Gasteiger partial charge in [-0.15, -0.1) is 0 Å². The van der Waals surface area contributed by atoms with Crippen molar-refractivity contribution in [3.05, 3.63) is 30.5 Å². The maximum absolute atomic E-state index is 11.8. The molecule has 7 heteroatoms. The number of aromatic nitrogens is 1. The Bertz CT molecular complexity index is 737. The number of hydrogen-bond acceptors (Lipinski definition) is 3. The Morgan fingerprint density at radius 3 is 2.70 bits per heavy atom. The Morgan fingerprint density at radius 1 is 1.35 bits per heavy atom. The molecule has 0 spiro atoms. The highest BCUT2D eigenvalue weighted by Crippen LogP contribution is 2.27. The summed E-state index contributed by atoms with van der Waals surface area (Å²) in [6.07, 6.45) is 2.25. The molecule has 2 rings (SSSR count). The van der Waals surface area contributed by atoms with Gasteiger partial charge in [0.2, 0.25) is 5.91 Å². The minimum absolute atomic E-state index is 0.0260. The van der Waals surface area contributed by atoms with Crippen LogP contribution in [0.4, 0.5) is 0 Å². The highest BCUT2D eigenvalue weighted by Gasteiger charge is 2.19. The topological polar surface area (TPSA) is 68.2 Å². The Morgan fingerprint density at radius 2 is 2.05 bits per heavy atom. The van der Waals surface area contributed by atoms with Crippen molar-refractivity contribution in [2.75, 3.05) is 6.54 Å². The zero-order valence-corrected chi connectivity index (χ0v) is 12.5. The molecule has 1 aromatic heterocycles. The smallest absolute Gasteiger partial charge is 0.263 e. The molecule has 0 saturated heterocycles. The Labute approximate surface area is 122 Å². The SMILES string of the molecule is CCCNC(=O)Cn1cc(S(=O)(=O)Cl)c2ccccc21. The third-order valence-electron chi connectivity index (χ3n) is 2.90. The summed E-state index contributed by atoms with van der Waals surface area (Å²) in [4.78, 5) is 11.8. The van der Waals surface area contributed by atoms with E-state index >= 15 is 0 Å². The second kappa shape index (κ2) is 5.85. The van der Waals surface area contributed by atoms with Gasteiger partial charge in [0.15, 0.2) is 0 Å². The number of benzene rings is 1. The largest absolute Gasteiger partial charge is 0.355 e. The fourth-order valence-corrected chi connectivity index (χ4v) is 3.07. The molecule has 0 aliphatic carbocycles. The van der Waals surface area contributed by atoms with Gasteiger partial charge in [-0.05, 0) is 12.5 Å². The maximum atomic E-state index is 11.8. The fraction of sp³-hybridized carbons (Fsp3) is 0.308. The number of para-hydroxylation sites is 1. The standard InChI is InChI=1S/C13H15ClN2O3S/c1-2-7-15-13(17)9-16-8-12(20(14,18)19)10-5-3-4-6-11(10)16/h3-6,8H,2,7,9H2,1H3,(H,15,17). The molecule has 0 saturated carbocycles. The number of carbonyl (C=O) groups is 1. The summed E-state index contributed by atoms with van der Waals surface area (Å²) in [5, 5.41) is 3.27. The van der Waals surface area contributed by atoms with Crippen LogP contribution >= 0.6 is 10.7 Å². The third kappa shape index (κ3) is 3.13. The molecule has 5 nitrogen and oxygen atoms in total. The van der Waals surface area contributed by atoms with Gasteiger partial charge in [-0.3, -0.25) is 4.79 Å². The van der Waals surface area contributed by atoms with E-state index in [2.05, 4.69) is 5.32 Å². The first-order valence-corrected chi connectivity index (χ1v) is 8.53. The molecule has 0 atom stereocenters. The highest BCUT2D eigenvalue weighted by molar-refractivity contribution is 8.14. The minimum Gasteiger partial charge on any atom is -0.355 e. The van der Waals surface area contributed by atoms with Crippen LogP contribution in [0, 0.1) is 0 Å². The lowest BCUT2D eigenvalue weighted by Crippen LogP contribution is -2.27. The summed E-state index contributed by atoms with van der Waals surface area (Å²) in [5.41, 5.74) is 0.665. The molecule has 1 heterocycles. The van der Waals surface area contributed by atoms with E-state index in [4.69, 9.17) is 10.7 Å². The molecule has 20 heavy (non-hydrogen) atoms. The van der Waals surface area contributed by atoms with E-state index in [-0.39, 0.29) is 17.3 Å². The predicted octanol–water partition coefficient (Wildman–Crippen LogP) is 2.09. The first-order chi connectivity index (χ1) is 9.43. The lowest BCUT2D eigenvalue weighted by Gasteiger charge is -2.05. The predicted molar refractivity (Wildman–Crippen MR) is 78.3 cm³/mol. The lowest BCUT2D eigenvalue weighted by atomic mass is 10.2. The zero-order chi connectivity index (χ0) is 14.8. The van der Waals surface area contributed by atoms with Crippen molar-refractivity contribution in [3.63, 3.8) is 0 Å². The summed E-state index contributed by atoms with van der Waals surface area (Å²) in [6.45, 7) is 2.62. The first-order valence-electron chi connectivity index (χ1n) is 6.22. The number of rotatable bonds is 5. The van der Waals surface area contributed by atoms with Crippen LogP contribution < -0.4 is 5.32 Å². The summed E-state index contributed by atoms with van der Waals surface area (Å²) in [6, 6.07) is 6.95. The number of nitrogens with one attached hydrogen (secondary N) is 1. The molecule has 1 amide bonds. The summed E-state index contributed by atoms with van der Waals surface area (Å²) < 4.78 is 24.7. The van der Waals surface area contributed by atoms with Crippen molar-refractivity contribution >= 4 is 36.5 Å². The molecule has 1 aromatic carbocycles. The molecule has 0 fully saturated rings. The van der Waals surface area contributed by atoms with Gasteiger partial charge in [-0.1, -0.05) is 25.1 Å². The van der Waals surface area contributed by atoms with E-state index in [1.165, 1.54) is 6.20 Å². The Hall–Kier alpha value is -1.53. The fourth-order valence-electron chi connectivity index (χ4n) is 2.01. The molecule has 2 aromatic rings. The van der Waals surface area contributed by atoms with Gasteiger partial charge in [-0.2, -0.15) is 0 Å². The summed E-state index contributed by atoms with van der Waals surface area (Å²) in [7, 11) is 1.59. The molecule has 0 unspecified atom stereocenters. The van der Waals surface area contributed by atoms with Crippen molar-refractivity contribution in [3.8, 4) is 0 Å². The average Bonchev–Trinajstić information content (AvgIpc) is 2.75. The van der Waals surface area contributed by atoms with Crippen molar-refractivity contribution < 1.29 is 13.2 Å². The number of fused-ring (bicyclic) bond motifs is 1. The first kappa shape index (κ1) is 14.9. The van der Waals surface area contributed by atoms with Gasteiger partial charge in [0.25, 0.3) is 9.05 Å². The summed E-state index contributed by atoms with van der Waals surface area (Å²) in [5.74, 6) is -0.161. The third-order valence-corrected chi connectivity index (χ3v) is 4.25. The lowest BCUT2D eigenvalue weighted by molar-refractivity contribution is -0.121. The number of amides is 1. The van der Waals surface area contributed by atoms with E-state index in [1.807, 2.05) is 6.92 Å².